The van der Waals surface area contributed by atoms with Crippen molar-refractivity contribution in [2.75, 3.05) is 32.9 Å². The van der Waals surface area contributed by atoms with Gasteiger partial charge >= 0.3 is 0 Å². The maximum atomic E-state index is 5.96. The molecule has 1 aromatic carbocycles. The molecule has 1 heterocycles. The normalized spacial score (nSPS) is 18.4. The Morgan fingerprint density at radius 2 is 1.94 bits per heavy atom. The number of benzene rings is 1. The Bertz CT molecular complexity index is 393. The summed E-state index contributed by atoms with van der Waals surface area (Å²) in [6, 6.07) is 7.19. The molecule has 1 aromatic rings. The summed E-state index contributed by atoms with van der Waals surface area (Å²) >= 11 is 0. The van der Waals surface area contributed by atoms with Gasteiger partial charge in [-0.25, -0.2) is 0 Å². The molecule has 18 heavy (non-hydrogen) atoms. The van der Waals surface area contributed by atoms with Crippen LogP contribution in [-0.2, 0) is 6.54 Å². The van der Waals surface area contributed by atoms with Crippen LogP contribution in [0.5, 0.6) is 0 Å². The number of nitrogens with zero attached hydrogens (tertiary/aromatic N) is 2. The molecule has 0 saturated carbocycles. The van der Waals surface area contributed by atoms with Crippen LogP contribution in [0, 0.1) is 6.92 Å². The van der Waals surface area contributed by atoms with Crippen LogP contribution in [0.25, 0.3) is 0 Å². The molecule has 1 saturated heterocycles. The number of hydrogen-bond acceptors (Lipinski definition) is 3. The molecule has 0 spiro atoms. The Kier molecular flexibility index (Phi) is 4.25. The van der Waals surface area contributed by atoms with E-state index in [1.165, 1.54) is 37.1 Å². The van der Waals surface area contributed by atoms with Gasteiger partial charge in [-0.15, -0.1) is 0 Å². The Balaban J connectivity index is 1.89. The zero-order valence-corrected chi connectivity index (χ0v) is 11.8. The molecule has 1 aliphatic rings. The van der Waals surface area contributed by atoms with E-state index in [4.69, 9.17) is 5.73 Å². The molecule has 3 nitrogen and oxygen atoms in total. The van der Waals surface area contributed by atoms with Crippen LogP contribution in [0.15, 0.2) is 18.2 Å². The fourth-order valence-electron chi connectivity index (χ4n) is 2.64. The molecule has 0 radical (unpaired) electrons. The number of anilines is 1. The standard InChI is InChI=1S/C15H25N3/c1-12-4-5-13(10-15(12)16)11-18-8-6-14(7-9-18)17(2)3/h4-5,10,14H,6-9,11,16H2,1-3H3. The number of nitrogens with two attached hydrogens (primary N) is 1. The van der Waals surface area contributed by atoms with E-state index >= 15 is 0 Å². The topological polar surface area (TPSA) is 32.5 Å². The zero-order chi connectivity index (χ0) is 13.1. The van der Waals surface area contributed by atoms with Crippen LogP contribution in [0.3, 0.4) is 0 Å². The van der Waals surface area contributed by atoms with Crippen molar-refractivity contribution < 1.29 is 0 Å². The molecular formula is C15H25N3. The smallest absolute Gasteiger partial charge is 0.0346 e. The van der Waals surface area contributed by atoms with Crippen LogP contribution < -0.4 is 5.73 Å². The highest BCUT2D eigenvalue weighted by Gasteiger charge is 2.20. The lowest BCUT2D eigenvalue weighted by atomic mass is 10.0. The Morgan fingerprint density at radius 1 is 1.28 bits per heavy atom. The summed E-state index contributed by atoms with van der Waals surface area (Å²) in [7, 11) is 4.36. The first-order valence-electron chi connectivity index (χ1n) is 6.80. The van der Waals surface area contributed by atoms with Gasteiger partial charge in [-0.05, 0) is 64.1 Å². The van der Waals surface area contributed by atoms with Gasteiger partial charge in [0.25, 0.3) is 0 Å². The third-order valence-electron chi connectivity index (χ3n) is 4.04. The van der Waals surface area contributed by atoms with Crippen molar-refractivity contribution in [2.45, 2.75) is 32.4 Å². The highest BCUT2D eigenvalue weighted by atomic mass is 15.2. The molecule has 100 valence electrons. The first kappa shape index (κ1) is 13.4. The lowest BCUT2D eigenvalue weighted by molar-refractivity contribution is 0.140. The van der Waals surface area contributed by atoms with E-state index in [9.17, 15) is 0 Å². The van der Waals surface area contributed by atoms with Gasteiger partial charge in [0.15, 0.2) is 0 Å². The van der Waals surface area contributed by atoms with Crippen LogP contribution in [-0.4, -0.2) is 43.0 Å². The van der Waals surface area contributed by atoms with E-state index in [0.717, 1.165) is 18.3 Å². The predicted molar refractivity (Wildman–Crippen MR) is 77.6 cm³/mol. The fourth-order valence-corrected chi connectivity index (χ4v) is 2.64. The van der Waals surface area contributed by atoms with Crippen LogP contribution in [0.4, 0.5) is 5.69 Å². The molecule has 1 aliphatic heterocycles. The lowest BCUT2D eigenvalue weighted by Gasteiger charge is -2.35. The summed E-state index contributed by atoms with van der Waals surface area (Å²) in [4.78, 5) is 4.88. The van der Waals surface area contributed by atoms with Crippen LogP contribution in [0.2, 0.25) is 0 Å². The molecule has 3 heteroatoms. The number of piperidine rings is 1. The summed E-state index contributed by atoms with van der Waals surface area (Å²) < 4.78 is 0. The van der Waals surface area contributed by atoms with Gasteiger partial charge in [0.1, 0.15) is 0 Å². The number of nitrogen functional groups attached to an aromatic ring is 1. The van der Waals surface area contributed by atoms with E-state index in [2.05, 4.69) is 49.0 Å². The highest BCUT2D eigenvalue weighted by Crippen LogP contribution is 2.19. The first-order valence-corrected chi connectivity index (χ1v) is 6.80. The average molecular weight is 247 g/mol. The summed E-state index contributed by atoms with van der Waals surface area (Å²) in [6.07, 6.45) is 2.54. The number of likely N-dealkylation sites (tertiary alicyclic amines) is 1. The predicted octanol–water partition coefficient (Wildman–Crippen LogP) is 2.10. The van der Waals surface area contributed by atoms with Crippen molar-refractivity contribution >= 4 is 5.69 Å². The van der Waals surface area contributed by atoms with Gasteiger partial charge < -0.3 is 10.6 Å². The largest absolute Gasteiger partial charge is 0.399 e. The quantitative estimate of drug-likeness (QED) is 0.830. The molecule has 2 rings (SSSR count). The van der Waals surface area contributed by atoms with E-state index in [0.29, 0.717) is 0 Å². The molecule has 2 N–H and O–H groups in total. The van der Waals surface area contributed by atoms with Gasteiger partial charge in [-0.3, -0.25) is 4.90 Å². The Labute approximate surface area is 111 Å². The number of hydrogen-bond donors (Lipinski definition) is 1. The minimum atomic E-state index is 0.754. The van der Waals surface area contributed by atoms with Crippen molar-refractivity contribution in [3.05, 3.63) is 29.3 Å². The second-order valence-corrected chi connectivity index (χ2v) is 5.66. The maximum Gasteiger partial charge on any atom is 0.0346 e. The van der Waals surface area contributed by atoms with Gasteiger partial charge in [0.05, 0.1) is 0 Å². The summed E-state index contributed by atoms with van der Waals surface area (Å²) in [6.45, 7) is 5.47. The summed E-state index contributed by atoms with van der Waals surface area (Å²) in [5, 5.41) is 0. The molecular weight excluding hydrogens is 222 g/mol. The molecule has 0 unspecified atom stereocenters. The fraction of sp³-hybridized carbons (Fsp3) is 0.600. The molecule has 0 aliphatic carbocycles. The van der Waals surface area contributed by atoms with E-state index < -0.39 is 0 Å². The van der Waals surface area contributed by atoms with Crippen molar-refractivity contribution in [1.82, 2.24) is 9.80 Å². The van der Waals surface area contributed by atoms with Crippen LogP contribution >= 0.6 is 0 Å². The van der Waals surface area contributed by atoms with Crippen molar-refractivity contribution in [3.63, 3.8) is 0 Å². The van der Waals surface area contributed by atoms with Gasteiger partial charge in [0, 0.05) is 18.3 Å². The molecule has 0 bridgehead atoms. The number of aryl methyl sites for hydroxylation is 1. The lowest BCUT2D eigenvalue weighted by Crippen LogP contribution is -2.41. The minimum Gasteiger partial charge on any atom is -0.399 e. The van der Waals surface area contributed by atoms with Gasteiger partial charge in [-0.1, -0.05) is 12.1 Å². The molecule has 1 fully saturated rings. The minimum absolute atomic E-state index is 0.754. The first-order chi connectivity index (χ1) is 8.56. The maximum absolute atomic E-state index is 5.96. The average Bonchev–Trinajstić information content (AvgIpc) is 2.34. The number of rotatable bonds is 3. The van der Waals surface area contributed by atoms with Gasteiger partial charge in [0.2, 0.25) is 0 Å². The third kappa shape index (κ3) is 3.24. The highest BCUT2D eigenvalue weighted by molar-refractivity contribution is 5.48. The van der Waals surface area contributed by atoms with Crippen molar-refractivity contribution in [2.24, 2.45) is 0 Å². The van der Waals surface area contributed by atoms with Gasteiger partial charge in [-0.2, -0.15) is 0 Å². The van der Waals surface area contributed by atoms with Crippen molar-refractivity contribution in [1.29, 1.82) is 0 Å². The molecule has 0 amide bonds. The molecule has 0 atom stereocenters. The summed E-state index contributed by atoms with van der Waals surface area (Å²) in [5.74, 6) is 0. The van der Waals surface area contributed by atoms with Crippen molar-refractivity contribution in [3.8, 4) is 0 Å². The SMILES string of the molecule is Cc1ccc(CN2CCC(N(C)C)CC2)cc1N. The molecule has 0 aromatic heterocycles. The second kappa shape index (κ2) is 5.72. The summed E-state index contributed by atoms with van der Waals surface area (Å²) in [5.41, 5.74) is 9.38. The Morgan fingerprint density at radius 3 is 2.50 bits per heavy atom. The van der Waals surface area contributed by atoms with E-state index in [1.807, 2.05) is 0 Å². The van der Waals surface area contributed by atoms with Crippen LogP contribution in [0.1, 0.15) is 24.0 Å². The Hall–Kier alpha value is -1.06. The third-order valence-corrected chi connectivity index (χ3v) is 4.04. The van der Waals surface area contributed by atoms with E-state index in [-0.39, 0.29) is 0 Å². The monoisotopic (exact) mass is 247 g/mol. The second-order valence-electron chi connectivity index (χ2n) is 5.66. The van der Waals surface area contributed by atoms with E-state index in [1.54, 1.807) is 0 Å². The zero-order valence-electron chi connectivity index (χ0n) is 11.8.